The molecule has 0 aliphatic rings. The maximum Gasteiger partial charge on any atom is 0.390 e. The molecule has 0 bridgehead atoms. The van der Waals surface area contributed by atoms with Crippen LogP contribution in [0.25, 0.3) is 10.9 Å². The number of anilines is 1. The first-order chi connectivity index (χ1) is 8.87. The van der Waals surface area contributed by atoms with Crippen LogP contribution in [0, 0.1) is 0 Å². The van der Waals surface area contributed by atoms with E-state index in [1.165, 1.54) is 6.07 Å². The van der Waals surface area contributed by atoms with Crippen molar-refractivity contribution < 1.29 is 18.0 Å². The Morgan fingerprint density at radius 1 is 1.42 bits per heavy atom. The molecule has 0 radical (unpaired) electrons. The van der Waals surface area contributed by atoms with Crippen LogP contribution in [0.4, 0.5) is 18.9 Å². The van der Waals surface area contributed by atoms with Crippen molar-refractivity contribution in [2.24, 2.45) is 0 Å². The number of carbonyl (C=O) groups is 1. The molecule has 1 amide bonds. The van der Waals surface area contributed by atoms with Gasteiger partial charge in [-0.2, -0.15) is 18.3 Å². The number of aromatic amines is 1. The Balaban J connectivity index is 2.11. The number of nitrogens with zero attached hydrogens (tertiary/aromatic N) is 1. The highest BCUT2D eigenvalue weighted by molar-refractivity contribution is 6.05. The molecule has 4 N–H and O–H groups in total. The van der Waals surface area contributed by atoms with Crippen LogP contribution in [0.15, 0.2) is 18.2 Å². The first-order valence-corrected chi connectivity index (χ1v) is 5.45. The third-order valence-electron chi connectivity index (χ3n) is 2.50. The quantitative estimate of drug-likeness (QED) is 0.745. The number of hydrogen-bond acceptors (Lipinski definition) is 3. The van der Waals surface area contributed by atoms with E-state index in [4.69, 9.17) is 5.73 Å². The van der Waals surface area contributed by atoms with Gasteiger partial charge in [0.25, 0.3) is 5.91 Å². The number of halogens is 3. The number of nitrogen functional groups attached to an aromatic ring is 1. The van der Waals surface area contributed by atoms with Crippen LogP contribution in [0.1, 0.15) is 16.9 Å². The van der Waals surface area contributed by atoms with Crippen molar-refractivity contribution >= 4 is 22.5 Å². The molecule has 8 heteroatoms. The molecule has 0 fully saturated rings. The summed E-state index contributed by atoms with van der Waals surface area (Å²) in [5.74, 6) is -0.666. The minimum absolute atomic E-state index is 0.0319. The van der Waals surface area contributed by atoms with Crippen LogP contribution >= 0.6 is 0 Å². The van der Waals surface area contributed by atoms with E-state index in [1.807, 2.05) is 0 Å². The van der Waals surface area contributed by atoms with Crippen LogP contribution in [0.3, 0.4) is 0 Å². The maximum absolute atomic E-state index is 12.0. The number of rotatable bonds is 3. The molecule has 19 heavy (non-hydrogen) atoms. The molecule has 0 saturated carbocycles. The number of H-pyrrole nitrogens is 1. The van der Waals surface area contributed by atoms with Gasteiger partial charge in [-0.15, -0.1) is 0 Å². The van der Waals surface area contributed by atoms with Gasteiger partial charge >= 0.3 is 6.18 Å². The van der Waals surface area contributed by atoms with E-state index in [9.17, 15) is 18.0 Å². The summed E-state index contributed by atoms with van der Waals surface area (Å²) in [6.07, 6.45) is -5.38. The average Bonchev–Trinajstić information content (AvgIpc) is 2.69. The van der Waals surface area contributed by atoms with Crippen molar-refractivity contribution in [3.8, 4) is 0 Å². The SMILES string of the molecule is Nc1ccc2[nH]nc(C(=O)NCCC(F)(F)F)c2c1. The molecular weight excluding hydrogens is 261 g/mol. The summed E-state index contributed by atoms with van der Waals surface area (Å²) in [5, 5.41) is 9.04. The lowest BCUT2D eigenvalue weighted by molar-refractivity contribution is -0.132. The smallest absolute Gasteiger partial charge is 0.390 e. The van der Waals surface area contributed by atoms with E-state index < -0.39 is 25.0 Å². The second-order valence-electron chi connectivity index (χ2n) is 4.00. The predicted octanol–water partition coefficient (Wildman–Crippen LogP) is 1.83. The summed E-state index contributed by atoms with van der Waals surface area (Å²) >= 11 is 0. The monoisotopic (exact) mass is 272 g/mol. The Morgan fingerprint density at radius 3 is 2.84 bits per heavy atom. The highest BCUT2D eigenvalue weighted by Gasteiger charge is 2.27. The van der Waals surface area contributed by atoms with Crippen LogP contribution in [0.2, 0.25) is 0 Å². The fourth-order valence-electron chi connectivity index (χ4n) is 1.61. The number of nitrogens with one attached hydrogen (secondary N) is 2. The third kappa shape index (κ3) is 3.15. The summed E-state index contributed by atoms with van der Waals surface area (Å²) in [6, 6.07) is 4.81. The Hall–Kier alpha value is -2.25. The Kier molecular flexibility index (Phi) is 3.32. The second-order valence-corrected chi connectivity index (χ2v) is 4.00. The van der Waals surface area contributed by atoms with Gasteiger partial charge in [-0.05, 0) is 18.2 Å². The van der Waals surface area contributed by atoms with Crippen LogP contribution in [-0.4, -0.2) is 28.8 Å². The highest BCUT2D eigenvalue weighted by Crippen LogP contribution is 2.20. The fourth-order valence-corrected chi connectivity index (χ4v) is 1.61. The number of aromatic nitrogens is 2. The fraction of sp³-hybridized carbons (Fsp3) is 0.273. The van der Waals surface area contributed by atoms with E-state index in [2.05, 4.69) is 15.5 Å². The lowest BCUT2D eigenvalue weighted by atomic mass is 10.2. The van der Waals surface area contributed by atoms with Crippen LogP contribution < -0.4 is 11.1 Å². The normalized spacial score (nSPS) is 11.7. The van der Waals surface area contributed by atoms with Crippen molar-refractivity contribution in [2.75, 3.05) is 12.3 Å². The number of fused-ring (bicyclic) bond motifs is 1. The van der Waals surface area contributed by atoms with Gasteiger partial charge in [-0.25, -0.2) is 0 Å². The zero-order chi connectivity index (χ0) is 14.0. The zero-order valence-corrected chi connectivity index (χ0v) is 9.71. The Labute approximate surface area is 106 Å². The Morgan fingerprint density at radius 2 is 2.16 bits per heavy atom. The van der Waals surface area contributed by atoms with E-state index in [1.54, 1.807) is 12.1 Å². The second kappa shape index (κ2) is 4.79. The largest absolute Gasteiger partial charge is 0.399 e. The molecule has 1 aromatic carbocycles. The standard InChI is InChI=1S/C11H11F3N4O/c12-11(13,14)3-4-16-10(19)9-7-5-6(15)1-2-8(7)17-18-9/h1-2,5H,3-4,15H2,(H,16,19)(H,17,18). The summed E-state index contributed by atoms with van der Waals surface area (Å²) in [7, 11) is 0. The lowest BCUT2D eigenvalue weighted by Crippen LogP contribution is -2.28. The van der Waals surface area contributed by atoms with Crippen molar-refractivity contribution in [1.82, 2.24) is 15.5 Å². The van der Waals surface area contributed by atoms with Gasteiger partial charge in [-0.3, -0.25) is 9.89 Å². The van der Waals surface area contributed by atoms with E-state index in [0.29, 0.717) is 16.6 Å². The topological polar surface area (TPSA) is 83.8 Å². The zero-order valence-electron chi connectivity index (χ0n) is 9.71. The van der Waals surface area contributed by atoms with Gasteiger partial charge < -0.3 is 11.1 Å². The van der Waals surface area contributed by atoms with Crippen molar-refractivity contribution in [2.45, 2.75) is 12.6 Å². The molecule has 0 unspecified atom stereocenters. The first-order valence-electron chi connectivity index (χ1n) is 5.45. The van der Waals surface area contributed by atoms with Crippen molar-refractivity contribution in [3.63, 3.8) is 0 Å². The molecule has 0 spiro atoms. The third-order valence-corrected chi connectivity index (χ3v) is 2.50. The molecule has 0 aliphatic carbocycles. The summed E-state index contributed by atoms with van der Waals surface area (Å²) < 4.78 is 35.9. The van der Waals surface area contributed by atoms with Gasteiger partial charge in [0.05, 0.1) is 11.9 Å². The number of nitrogens with two attached hydrogens (primary N) is 1. The molecular formula is C11H11F3N4O. The van der Waals surface area contributed by atoms with Gasteiger partial charge in [0.2, 0.25) is 0 Å². The van der Waals surface area contributed by atoms with Gasteiger partial charge in [0.1, 0.15) is 0 Å². The summed E-state index contributed by atoms with van der Waals surface area (Å²) in [4.78, 5) is 11.7. The molecule has 102 valence electrons. The van der Waals surface area contributed by atoms with Crippen LogP contribution in [-0.2, 0) is 0 Å². The Bertz CT molecular complexity index is 605. The highest BCUT2D eigenvalue weighted by atomic mass is 19.4. The number of carbonyl (C=O) groups excluding carboxylic acids is 1. The molecule has 1 heterocycles. The first kappa shape index (κ1) is 13.2. The van der Waals surface area contributed by atoms with Gasteiger partial charge in [0, 0.05) is 17.6 Å². The number of alkyl halides is 3. The molecule has 1 aromatic heterocycles. The molecule has 0 atom stereocenters. The summed E-state index contributed by atoms with van der Waals surface area (Å²) in [5.41, 5.74) is 6.65. The van der Waals surface area contributed by atoms with Crippen molar-refractivity contribution in [1.29, 1.82) is 0 Å². The van der Waals surface area contributed by atoms with Crippen molar-refractivity contribution in [3.05, 3.63) is 23.9 Å². The minimum Gasteiger partial charge on any atom is -0.399 e. The number of hydrogen-bond donors (Lipinski definition) is 3. The molecule has 5 nitrogen and oxygen atoms in total. The maximum atomic E-state index is 12.0. The molecule has 0 saturated heterocycles. The lowest BCUT2D eigenvalue weighted by Gasteiger charge is -2.06. The van der Waals surface area contributed by atoms with E-state index in [-0.39, 0.29) is 5.69 Å². The molecule has 2 rings (SSSR count). The molecule has 2 aromatic rings. The van der Waals surface area contributed by atoms with E-state index >= 15 is 0 Å². The number of benzene rings is 1. The minimum atomic E-state index is -4.30. The van der Waals surface area contributed by atoms with Gasteiger partial charge in [0.15, 0.2) is 5.69 Å². The van der Waals surface area contributed by atoms with E-state index in [0.717, 1.165) is 0 Å². The summed E-state index contributed by atoms with van der Waals surface area (Å²) in [6.45, 7) is -0.487. The molecule has 0 aliphatic heterocycles. The average molecular weight is 272 g/mol. The predicted molar refractivity (Wildman–Crippen MR) is 63.5 cm³/mol. The van der Waals surface area contributed by atoms with Gasteiger partial charge in [-0.1, -0.05) is 0 Å². The number of amides is 1. The van der Waals surface area contributed by atoms with Crippen LogP contribution in [0.5, 0.6) is 0 Å².